The Kier molecular flexibility index (Phi) is 5.96. The SMILES string of the molecule is O=C(CC(F)(F)F)NNc1cc(N2CCC(c3ccc(F)cc3)CC2)ncn1. The minimum absolute atomic E-state index is 0.196. The molecule has 2 heterocycles. The van der Waals surface area contributed by atoms with Gasteiger partial charge < -0.3 is 4.90 Å². The smallest absolute Gasteiger partial charge is 0.356 e. The van der Waals surface area contributed by atoms with Crippen molar-refractivity contribution in [2.75, 3.05) is 23.4 Å². The van der Waals surface area contributed by atoms with Crippen LogP contribution in [0.2, 0.25) is 0 Å². The quantitative estimate of drug-likeness (QED) is 0.598. The van der Waals surface area contributed by atoms with E-state index in [1.807, 2.05) is 10.3 Å². The normalized spacial score (nSPS) is 15.4. The number of carbonyl (C=O) groups excluding carboxylic acids is 1. The highest BCUT2D eigenvalue weighted by atomic mass is 19.4. The third-order valence-electron chi connectivity index (χ3n) is 4.50. The molecule has 3 rings (SSSR count). The number of anilines is 2. The fraction of sp³-hybridized carbons (Fsp3) is 0.389. The molecular weight excluding hydrogens is 378 g/mol. The van der Waals surface area contributed by atoms with Gasteiger partial charge in [-0.2, -0.15) is 13.2 Å². The summed E-state index contributed by atoms with van der Waals surface area (Å²) < 4.78 is 49.6. The van der Waals surface area contributed by atoms with Crippen molar-refractivity contribution in [2.45, 2.75) is 31.4 Å². The van der Waals surface area contributed by atoms with Gasteiger partial charge in [0.05, 0.1) is 0 Å². The zero-order valence-corrected chi connectivity index (χ0v) is 14.8. The van der Waals surface area contributed by atoms with Crippen LogP contribution in [0.25, 0.3) is 0 Å². The Hall–Kier alpha value is -2.91. The molecule has 0 atom stereocenters. The number of rotatable bonds is 5. The van der Waals surface area contributed by atoms with Crippen molar-refractivity contribution in [1.29, 1.82) is 0 Å². The molecule has 1 aliphatic heterocycles. The van der Waals surface area contributed by atoms with Crippen LogP contribution in [0.3, 0.4) is 0 Å². The van der Waals surface area contributed by atoms with Gasteiger partial charge in [0.15, 0.2) is 0 Å². The molecular formula is C18H19F4N5O. The monoisotopic (exact) mass is 397 g/mol. The second-order valence-corrected chi connectivity index (χ2v) is 6.54. The molecule has 6 nitrogen and oxygen atoms in total. The molecule has 2 N–H and O–H groups in total. The Morgan fingerprint density at radius 2 is 1.82 bits per heavy atom. The Morgan fingerprint density at radius 1 is 1.14 bits per heavy atom. The van der Waals surface area contributed by atoms with Crippen LogP contribution in [0.15, 0.2) is 36.7 Å². The van der Waals surface area contributed by atoms with Crippen LogP contribution < -0.4 is 15.8 Å². The predicted octanol–water partition coefficient (Wildman–Crippen LogP) is 3.40. The molecule has 1 aromatic heterocycles. The third-order valence-corrected chi connectivity index (χ3v) is 4.50. The molecule has 0 radical (unpaired) electrons. The lowest BCUT2D eigenvalue weighted by Gasteiger charge is -2.33. The Balaban J connectivity index is 1.54. The van der Waals surface area contributed by atoms with Crippen LogP contribution in [0.5, 0.6) is 0 Å². The number of nitrogens with one attached hydrogen (secondary N) is 2. The highest BCUT2D eigenvalue weighted by molar-refractivity contribution is 5.77. The number of nitrogens with zero attached hydrogens (tertiary/aromatic N) is 3. The maximum absolute atomic E-state index is 13.1. The second kappa shape index (κ2) is 8.41. The Labute approximate surface area is 158 Å². The first kappa shape index (κ1) is 19.8. The molecule has 2 aromatic rings. The van der Waals surface area contributed by atoms with Crippen LogP contribution >= 0.6 is 0 Å². The van der Waals surface area contributed by atoms with Gasteiger partial charge in [-0.05, 0) is 36.5 Å². The van der Waals surface area contributed by atoms with Crippen molar-refractivity contribution < 1.29 is 22.4 Å². The number of benzene rings is 1. The highest BCUT2D eigenvalue weighted by Gasteiger charge is 2.31. The van der Waals surface area contributed by atoms with Crippen LogP contribution in [-0.4, -0.2) is 35.1 Å². The van der Waals surface area contributed by atoms with Crippen molar-refractivity contribution >= 4 is 17.5 Å². The number of hydrogen-bond acceptors (Lipinski definition) is 5. The molecule has 1 saturated heterocycles. The zero-order valence-electron chi connectivity index (χ0n) is 14.8. The second-order valence-electron chi connectivity index (χ2n) is 6.54. The first-order valence-electron chi connectivity index (χ1n) is 8.74. The number of aromatic nitrogens is 2. The topological polar surface area (TPSA) is 70.2 Å². The predicted molar refractivity (Wildman–Crippen MR) is 95.1 cm³/mol. The molecule has 0 bridgehead atoms. The third kappa shape index (κ3) is 5.54. The average molecular weight is 397 g/mol. The standard InChI is InChI=1S/C18H19F4N5O/c19-14-3-1-12(2-4-14)13-5-7-27(8-6-13)16-9-15(23-11-24-16)25-26-17(28)10-18(20,21)22/h1-4,9,11,13H,5-8,10H2,(H,26,28)(H,23,24,25). The lowest BCUT2D eigenvalue weighted by atomic mass is 9.89. The van der Waals surface area contributed by atoms with Gasteiger partial charge in [0.2, 0.25) is 5.91 Å². The van der Waals surface area contributed by atoms with Crippen molar-refractivity contribution in [3.05, 3.63) is 48.0 Å². The molecule has 0 unspecified atom stereocenters. The molecule has 1 aromatic carbocycles. The summed E-state index contributed by atoms with van der Waals surface area (Å²) in [6, 6.07) is 8.07. The van der Waals surface area contributed by atoms with E-state index in [1.165, 1.54) is 18.5 Å². The Morgan fingerprint density at radius 3 is 2.46 bits per heavy atom. The largest absolute Gasteiger partial charge is 0.397 e. The van der Waals surface area contributed by atoms with Gasteiger partial charge >= 0.3 is 6.18 Å². The van der Waals surface area contributed by atoms with E-state index >= 15 is 0 Å². The summed E-state index contributed by atoms with van der Waals surface area (Å²) in [5.41, 5.74) is 5.44. The molecule has 1 fully saturated rings. The number of hydrogen-bond donors (Lipinski definition) is 2. The van der Waals surface area contributed by atoms with Crippen LogP contribution in [0.4, 0.5) is 29.2 Å². The number of amides is 1. The first-order valence-corrected chi connectivity index (χ1v) is 8.74. The molecule has 0 aliphatic carbocycles. The number of halogens is 4. The lowest BCUT2D eigenvalue weighted by Crippen LogP contribution is -2.35. The zero-order chi connectivity index (χ0) is 20.1. The Bertz CT molecular complexity index is 804. The fourth-order valence-corrected chi connectivity index (χ4v) is 3.13. The van der Waals surface area contributed by atoms with E-state index in [0.717, 1.165) is 31.5 Å². The molecule has 28 heavy (non-hydrogen) atoms. The fourth-order valence-electron chi connectivity index (χ4n) is 3.13. The minimum Gasteiger partial charge on any atom is -0.356 e. The lowest BCUT2D eigenvalue weighted by molar-refractivity contribution is -0.153. The van der Waals surface area contributed by atoms with E-state index in [-0.39, 0.29) is 11.6 Å². The van der Waals surface area contributed by atoms with Gasteiger partial charge in [0, 0.05) is 19.2 Å². The van der Waals surface area contributed by atoms with E-state index in [2.05, 4.69) is 15.4 Å². The van der Waals surface area contributed by atoms with Gasteiger partial charge in [-0.1, -0.05) is 12.1 Å². The van der Waals surface area contributed by atoms with Gasteiger partial charge in [-0.15, -0.1) is 0 Å². The van der Waals surface area contributed by atoms with Crippen LogP contribution in [-0.2, 0) is 4.79 Å². The van der Waals surface area contributed by atoms with Crippen LogP contribution in [0.1, 0.15) is 30.7 Å². The number of piperidine rings is 1. The van der Waals surface area contributed by atoms with E-state index in [0.29, 0.717) is 11.7 Å². The summed E-state index contributed by atoms with van der Waals surface area (Å²) in [6.45, 7) is 1.44. The van der Waals surface area contributed by atoms with Crippen molar-refractivity contribution in [2.24, 2.45) is 0 Å². The average Bonchev–Trinajstić information content (AvgIpc) is 2.66. The van der Waals surface area contributed by atoms with E-state index in [4.69, 9.17) is 0 Å². The van der Waals surface area contributed by atoms with E-state index < -0.39 is 18.5 Å². The first-order chi connectivity index (χ1) is 13.3. The maximum atomic E-state index is 13.1. The van der Waals surface area contributed by atoms with Crippen molar-refractivity contribution in [3.63, 3.8) is 0 Å². The molecule has 0 saturated carbocycles. The highest BCUT2D eigenvalue weighted by Crippen LogP contribution is 2.30. The summed E-state index contributed by atoms with van der Waals surface area (Å²) in [4.78, 5) is 21.4. The van der Waals surface area contributed by atoms with E-state index in [1.54, 1.807) is 18.2 Å². The molecule has 0 spiro atoms. The van der Waals surface area contributed by atoms with E-state index in [9.17, 15) is 22.4 Å². The summed E-state index contributed by atoms with van der Waals surface area (Å²) >= 11 is 0. The number of alkyl halides is 3. The van der Waals surface area contributed by atoms with Gasteiger partial charge in [-0.3, -0.25) is 15.6 Å². The molecule has 1 amide bonds. The van der Waals surface area contributed by atoms with Gasteiger partial charge in [-0.25, -0.2) is 14.4 Å². The number of carbonyl (C=O) groups is 1. The van der Waals surface area contributed by atoms with Crippen LogP contribution in [0, 0.1) is 5.82 Å². The molecule has 1 aliphatic rings. The summed E-state index contributed by atoms with van der Waals surface area (Å²) in [5.74, 6) is -0.323. The summed E-state index contributed by atoms with van der Waals surface area (Å²) in [5, 5.41) is 0. The van der Waals surface area contributed by atoms with Gasteiger partial charge in [0.1, 0.15) is 30.2 Å². The summed E-state index contributed by atoms with van der Waals surface area (Å²) in [6.07, 6.45) is -3.15. The molecule has 10 heteroatoms. The van der Waals surface area contributed by atoms with Crippen molar-refractivity contribution in [1.82, 2.24) is 15.4 Å². The van der Waals surface area contributed by atoms with Gasteiger partial charge in [0.25, 0.3) is 0 Å². The summed E-state index contributed by atoms with van der Waals surface area (Å²) in [7, 11) is 0. The maximum Gasteiger partial charge on any atom is 0.397 e. The number of hydrazine groups is 1. The minimum atomic E-state index is -4.57. The molecule has 150 valence electrons. The van der Waals surface area contributed by atoms with Crippen molar-refractivity contribution in [3.8, 4) is 0 Å².